The summed E-state index contributed by atoms with van der Waals surface area (Å²) >= 11 is 0. The average Bonchev–Trinajstić information content (AvgIpc) is 3.16. The molecule has 4 aliphatic rings. The average molecular weight is 500 g/mol. The Morgan fingerprint density at radius 2 is 1.81 bits per heavy atom. The van der Waals surface area contributed by atoms with Gasteiger partial charge in [0.25, 0.3) is 5.91 Å². The van der Waals surface area contributed by atoms with Crippen molar-refractivity contribution in [2.75, 3.05) is 50.9 Å². The molecule has 5 heterocycles. The maximum absolute atomic E-state index is 15.9. The van der Waals surface area contributed by atoms with Crippen LogP contribution in [0.25, 0.3) is 11.3 Å². The molecule has 2 aromatic rings. The van der Waals surface area contributed by atoms with Crippen molar-refractivity contribution < 1.29 is 18.3 Å². The number of rotatable bonds is 7. The second kappa shape index (κ2) is 10.3. The summed E-state index contributed by atoms with van der Waals surface area (Å²) in [5, 5.41) is 3.15. The summed E-state index contributed by atoms with van der Waals surface area (Å²) in [6.45, 7) is 5.44. The molecule has 4 saturated heterocycles. The lowest BCUT2D eigenvalue weighted by Gasteiger charge is -2.41. The number of nitrogens with zero attached hydrogens (tertiary/aromatic N) is 4. The third-order valence-electron chi connectivity index (χ3n) is 8.22. The number of halogens is 2. The molecule has 1 amide bonds. The highest BCUT2D eigenvalue weighted by Gasteiger charge is 2.47. The van der Waals surface area contributed by atoms with E-state index in [1.165, 1.54) is 0 Å². The lowest BCUT2D eigenvalue weighted by Crippen LogP contribution is -2.59. The largest absolute Gasteiger partial charge is 0.491 e. The zero-order chi connectivity index (χ0) is 25.2. The summed E-state index contributed by atoms with van der Waals surface area (Å²) < 4.78 is 33.5. The molecule has 0 radical (unpaired) electrons. The maximum Gasteiger partial charge on any atom is 0.258 e. The zero-order valence-corrected chi connectivity index (χ0v) is 20.9. The first-order valence-corrected chi connectivity index (χ1v) is 13.0. The number of alkyl halides is 2. The van der Waals surface area contributed by atoms with Gasteiger partial charge in [0.1, 0.15) is 19.0 Å². The zero-order valence-electron chi connectivity index (χ0n) is 20.9. The summed E-state index contributed by atoms with van der Waals surface area (Å²) in [6.07, 6.45) is 4.90. The number of hydrogen-bond donors (Lipinski definition) is 1. The molecule has 7 nitrogen and oxygen atoms in total. The minimum atomic E-state index is -1.88. The first-order valence-electron chi connectivity index (χ1n) is 13.0. The molecule has 0 aliphatic carbocycles. The van der Waals surface area contributed by atoms with Gasteiger partial charge in [0.2, 0.25) is 5.95 Å². The standard InChI is InChI=1S/C27H35F2N5O2/c1-26(9-16-33-14-7-21(26)8-15-33)32-24(35)27(29)10-17-34(18-11-27)25-30-13-6-23(31-25)20-2-4-22(5-3-20)36-19-12-28/h2-6,13,21H,7-12,14-19H2,1H3,(H,32,35). The van der Waals surface area contributed by atoms with Crippen molar-refractivity contribution in [1.29, 1.82) is 0 Å². The highest BCUT2D eigenvalue weighted by atomic mass is 19.1. The lowest BCUT2D eigenvalue weighted by molar-refractivity contribution is -0.137. The van der Waals surface area contributed by atoms with Gasteiger partial charge < -0.3 is 19.9 Å². The first kappa shape index (κ1) is 24.9. The minimum absolute atomic E-state index is 0.0263. The molecule has 6 rings (SSSR count). The molecule has 0 spiro atoms. The van der Waals surface area contributed by atoms with Crippen LogP contribution in [0.4, 0.5) is 14.7 Å². The predicted octanol–water partition coefficient (Wildman–Crippen LogP) is 3.79. The molecule has 4 fully saturated rings. The number of carbonyl (C=O) groups is 1. The maximum atomic E-state index is 15.9. The molecule has 1 aromatic heterocycles. The Morgan fingerprint density at radius 3 is 2.50 bits per heavy atom. The van der Waals surface area contributed by atoms with E-state index in [2.05, 4.69) is 27.1 Å². The Kier molecular flexibility index (Phi) is 7.10. The molecule has 1 atom stereocenters. The third kappa shape index (κ3) is 5.16. The van der Waals surface area contributed by atoms with Crippen LogP contribution in [-0.2, 0) is 4.79 Å². The molecule has 2 bridgehead atoms. The third-order valence-corrected chi connectivity index (χ3v) is 8.22. The van der Waals surface area contributed by atoms with E-state index in [-0.39, 0.29) is 25.0 Å². The molecule has 1 N–H and O–H groups in total. The minimum Gasteiger partial charge on any atom is -0.491 e. The highest BCUT2D eigenvalue weighted by molar-refractivity contribution is 5.86. The van der Waals surface area contributed by atoms with Crippen molar-refractivity contribution in [2.24, 2.45) is 5.92 Å². The van der Waals surface area contributed by atoms with Gasteiger partial charge in [-0.3, -0.25) is 4.79 Å². The topological polar surface area (TPSA) is 70.6 Å². The van der Waals surface area contributed by atoms with Crippen molar-refractivity contribution in [2.45, 2.75) is 50.2 Å². The number of carbonyl (C=O) groups excluding carboxylic acids is 1. The molecule has 36 heavy (non-hydrogen) atoms. The van der Waals surface area contributed by atoms with Crippen LogP contribution in [0.5, 0.6) is 5.75 Å². The molecule has 4 aliphatic heterocycles. The van der Waals surface area contributed by atoms with E-state index in [0.29, 0.717) is 30.7 Å². The summed E-state index contributed by atoms with van der Waals surface area (Å²) in [7, 11) is 0. The predicted molar refractivity (Wildman–Crippen MR) is 135 cm³/mol. The van der Waals surface area contributed by atoms with Gasteiger partial charge in [-0.25, -0.2) is 18.7 Å². The van der Waals surface area contributed by atoms with Crippen LogP contribution in [0.15, 0.2) is 36.5 Å². The number of piperidine rings is 2. The van der Waals surface area contributed by atoms with Gasteiger partial charge in [0.05, 0.1) is 5.69 Å². The number of aromatic nitrogens is 2. The quantitative estimate of drug-likeness (QED) is 0.625. The Bertz CT molecular complexity index is 1050. The summed E-state index contributed by atoms with van der Waals surface area (Å²) in [4.78, 5) is 26.6. The first-order chi connectivity index (χ1) is 17.4. The van der Waals surface area contributed by atoms with Gasteiger partial charge in [-0.05, 0) is 75.5 Å². The second-order valence-electron chi connectivity index (χ2n) is 10.5. The smallest absolute Gasteiger partial charge is 0.258 e. The second-order valence-corrected chi connectivity index (χ2v) is 10.5. The van der Waals surface area contributed by atoms with Crippen molar-refractivity contribution in [3.63, 3.8) is 0 Å². The van der Waals surface area contributed by atoms with E-state index < -0.39 is 18.3 Å². The van der Waals surface area contributed by atoms with Gasteiger partial charge in [-0.1, -0.05) is 0 Å². The molecule has 9 heteroatoms. The Balaban J connectivity index is 1.21. The lowest BCUT2D eigenvalue weighted by atomic mass is 9.78. The van der Waals surface area contributed by atoms with Crippen LogP contribution in [0.3, 0.4) is 0 Å². The van der Waals surface area contributed by atoms with E-state index in [1.807, 2.05) is 23.1 Å². The van der Waals surface area contributed by atoms with Crippen molar-refractivity contribution in [3.8, 4) is 17.0 Å². The molecular formula is C27H35F2N5O2. The van der Waals surface area contributed by atoms with Crippen LogP contribution in [-0.4, -0.2) is 78.0 Å². The van der Waals surface area contributed by atoms with Crippen LogP contribution in [0.2, 0.25) is 0 Å². The molecule has 1 unspecified atom stereocenters. The molecule has 1 aromatic carbocycles. The van der Waals surface area contributed by atoms with E-state index in [4.69, 9.17) is 4.74 Å². The van der Waals surface area contributed by atoms with Gasteiger partial charge in [0, 0.05) is 49.8 Å². The highest BCUT2D eigenvalue weighted by Crippen LogP contribution is 2.37. The fraction of sp³-hybridized carbons (Fsp3) is 0.593. The van der Waals surface area contributed by atoms with Crippen molar-refractivity contribution >= 4 is 11.9 Å². The van der Waals surface area contributed by atoms with Gasteiger partial charge in [-0.15, -0.1) is 0 Å². The van der Waals surface area contributed by atoms with Gasteiger partial charge in [0.15, 0.2) is 5.67 Å². The summed E-state index contributed by atoms with van der Waals surface area (Å²) in [5.74, 6) is 1.07. The Morgan fingerprint density at radius 1 is 1.08 bits per heavy atom. The number of hydrogen-bond acceptors (Lipinski definition) is 6. The fourth-order valence-corrected chi connectivity index (χ4v) is 5.75. The fourth-order valence-electron chi connectivity index (χ4n) is 5.75. The van der Waals surface area contributed by atoms with Crippen LogP contribution < -0.4 is 15.0 Å². The summed E-state index contributed by atoms with van der Waals surface area (Å²) in [6, 6.07) is 9.10. The Hall–Kier alpha value is -2.81. The molecular weight excluding hydrogens is 464 g/mol. The number of fused-ring (bicyclic) bond motifs is 4. The molecule has 194 valence electrons. The normalized spacial score (nSPS) is 27.4. The number of anilines is 1. The van der Waals surface area contributed by atoms with E-state index in [0.717, 1.165) is 50.2 Å². The van der Waals surface area contributed by atoms with E-state index in [1.54, 1.807) is 18.3 Å². The number of nitrogens with one attached hydrogen (secondary N) is 1. The van der Waals surface area contributed by atoms with Crippen LogP contribution in [0, 0.1) is 5.92 Å². The van der Waals surface area contributed by atoms with E-state index in [9.17, 15) is 9.18 Å². The van der Waals surface area contributed by atoms with Crippen LogP contribution >= 0.6 is 0 Å². The number of ether oxygens (including phenoxy) is 1. The van der Waals surface area contributed by atoms with E-state index >= 15 is 4.39 Å². The van der Waals surface area contributed by atoms with Crippen molar-refractivity contribution in [3.05, 3.63) is 36.5 Å². The van der Waals surface area contributed by atoms with Gasteiger partial charge >= 0.3 is 0 Å². The van der Waals surface area contributed by atoms with Crippen LogP contribution in [0.1, 0.15) is 39.0 Å². The SMILES string of the molecule is CC1(NC(=O)C2(F)CCN(c3nccc(-c4ccc(OCCF)cc4)n3)CC2)CCN2CCC1CC2. The Labute approximate surface area is 211 Å². The number of amides is 1. The van der Waals surface area contributed by atoms with Gasteiger partial charge in [-0.2, -0.15) is 0 Å². The van der Waals surface area contributed by atoms with Crippen molar-refractivity contribution in [1.82, 2.24) is 20.2 Å². The number of benzene rings is 1. The molecule has 0 saturated carbocycles. The monoisotopic (exact) mass is 499 g/mol. The summed E-state index contributed by atoms with van der Waals surface area (Å²) in [5.41, 5.74) is -0.608.